The van der Waals surface area contributed by atoms with E-state index in [0.29, 0.717) is 12.0 Å². The summed E-state index contributed by atoms with van der Waals surface area (Å²) in [7, 11) is 2.17. The van der Waals surface area contributed by atoms with Gasteiger partial charge in [-0.1, -0.05) is 13.8 Å². The third-order valence-corrected chi connectivity index (χ3v) is 4.17. The van der Waals surface area contributed by atoms with Crippen LogP contribution in [-0.4, -0.2) is 24.6 Å². The van der Waals surface area contributed by atoms with Gasteiger partial charge in [-0.05, 0) is 53.7 Å². The monoisotopic (exact) mass is 325 g/mol. The molecule has 1 aliphatic carbocycles. The van der Waals surface area contributed by atoms with Crippen LogP contribution in [0, 0.1) is 5.92 Å². The van der Waals surface area contributed by atoms with Crippen LogP contribution in [0.3, 0.4) is 0 Å². The Kier molecular flexibility index (Phi) is 5.22. The van der Waals surface area contributed by atoms with Crippen LogP contribution in [0.2, 0.25) is 0 Å². The summed E-state index contributed by atoms with van der Waals surface area (Å²) in [6, 6.07) is 2.86. The molecule has 19 heavy (non-hydrogen) atoms. The maximum Gasteiger partial charge on any atom is 0.133 e. The van der Waals surface area contributed by atoms with E-state index in [-0.39, 0.29) is 0 Å². The normalized spacial score (nSPS) is 15.6. The molecule has 1 aliphatic rings. The second-order valence-electron chi connectivity index (χ2n) is 5.86. The highest BCUT2D eigenvalue weighted by Crippen LogP contribution is 2.30. The molecule has 0 radical (unpaired) electrons. The Hall–Kier alpha value is -0.610. The Bertz CT molecular complexity index is 416. The molecule has 0 amide bonds. The molecule has 0 unspecified atom stereocenters. The zero-order valence-electron chi connectivity index (χ0n) is 12.1. The summed E-state index contributed by atoms with van der Waals surface area (Å²) in [6.07, 6.45) is 5.85. The first-order chi connectivity index (χ1) is 9.08. The maximum absolute atomic E-state index is 4.62. The molecule has 1 saturated carbocycles. The number of aromatic nitrogens is 1. The molecule has 0 spiro atoms. The van der Waals surface area contributed by atoms with Crippen LogP contribution >= 0.6 is 15.9 Å². The lowest BCUT2D eigenvalue weighted by Gasteiger charge is -2.36. The summed E-state index contributed by atoms with van der Waals surface area (Å²) >= 11 is 3.53. The van der Waals surface area contributed by atoms with E-state index in [1.54, 1.807) is 0 Å². The molecule has 106 valence electrons. The molecule has 3 nitrogen and oxygen atoms in total. The SMILES string of the molecule is CC(C)CNCc1cc(Br)cnc1N(C)C1CCC1. The van der Waals surface area contributed by atoms with Crippen LogP contribution < -0.4 is 10.2 Å². The fourth-order valence-corrected chi connectivity index (χ4v) is 2.74. The van der Waals surface area contributed by atoms with Crippen molar-refractivity contribution < 1.29 is 0 Å². The van der Waals surface area contributed by atoms with Crippen molar-refractivity contribution in [3.63, 3.8) is 0 Å². The van der Waals surface area contributed by atoms with Crippen molar-refractivity contribution in [1.82, 2.24) is 10.3 Å². The molecule has 4 heteroatoms. The highest BCUT2D eigenvalue weighted by molar-refractivity contribution is 9.10. The van der Waals surface area contributed by atoms with E-state index < -0.39 is 0 Å². The van der Waals surface area contributed by atoms with E-state index in [1.807, 2.05) is 6.20 Å². The molecule has 1 aromatic rings. The number of hydrogen-bond donors (Lipinski definition) is 1. The minimum Gasteiger partial charge on any atom is -0.356 e. The Morgan fingerprint density at radius 3 is 2.79 bits per heavy atom. The van der Waals surface area contributed by atoms with E-state index in [1.165, 1.54) is 24.8 Å². The molecule has 0 aliphatic heterocycles. The maximum atomic E-state index is 4.62. The van der Waals surface area contributed by atoms with Crippen molar-refractivity contribution >= 4 is 21.7 Å². The van der Waals surface area contributed by atoms with Crippen molar-refractivity contribution in [3.05, 3.63) is 22.3 Å². The molecule has 1 aromatic heterocycles. The Balaban J connectivity index is 2.07. The van der Waals surface area contributed by atoms with Crippen LogP contribution in [0.25, 0.3) is 0 Å². The highest BCUT2D eigenvalue weighted by atomic mass is 79.9. The van der Waals surface area contributed by atoms with Crippen LogP contribution in [0.1, 0.15) is 38.7 Å². The van der Waals surface area contributed by atoms with Crippen LogP contribution in [0.4, 0.5) is 5.82 Å². The number of anilines is 1. The fraction of sp³-hybridized carbons (Fsp3) is 0.667. The minimum absolute atomic E-state index is 0.674. The minimum atomic E-state index is 0.674. The largest absolute Gasteiger partial charge is 0.356 e. The zero-order valence-corrected chi connectivity index (χ0v) is 13.7. The van der Waals surface area contributed by atoms with Crippen molar-refractivity contribution in [3.8, 4) is 0 Å². The van der Waals surface area contributed by atoms with E-state index in [2.05, 4.69) is 58.1 Å². The quantitative estimate of drug-likeness (QED) is 0.866. The Morgan fingerprint density at radius 2 is 2.21 bits per heavy atom. The third-order valence-electron chi connectivity index (χ3n) is 3.73. The summed E-state index contributed by atoms with van der Waals surface area (Å²) in [6.45, 7) is 6.39. The first-order valence-corrected chi connectivity index (χ1v) is 7.95. The number of nitrogens with one attached hydrogen (secondary N) is 1. The molecule has 1 heterocycles. The van der Waals surface area contributed by atoms with Crippen LogP contribution in [0.5, 0.6) is 0 Å². The standard InChI is InChI=1S/C15H24BrN3/c1-11(2)8-17-9-12-7-13(16)10-18-15(12)19(3)14-5-4-6-14/h7,10-11,14,17H,4-6,8-9H2,1-3H3. The van der Waals surface area contributed by atoms with Gasteiger partial charge >= 0.3 is 0 Å². The first-order valence-electron chi connectivity index (χ1n) is 7.16. The van der Waals surface area contributed by atoms with Gasteiger partial charge in [0.15, 0.2) is 0 Å². The smallest absolute Gasteiger partial charge is 0.133 e. The lowest BCUT2D eigenvalue weighted by atomic mass is 9.91. The summed E-state index contributed by atoms with van der Waals surface area (Å²) < 4.78 is 1.06. The average molecular weight is 326 g/mol. The molecule has 0 saturated heterocycles. The lowest BCUT2D eigenvalue weighted by molar-refractivity contribution is 0.398. The zero-order chi connectivity index (χ0) is 13.8. The van der Waals surface area contributed by atoms with Gasteiger partial charge in [0.25, 0.3) is 0 Å². The van der Waals surface area contributed by atoms with Gasteiger partial charge in [0.2, 0.25) is 0 Å². The molecule has 1 N–H and O–H groups in total. The molecule has 0 atom stereocenters. The lowest BCUT2D eigenvalue weighted by Crippen LogP contribution is -2.38. The van der Waals surface area contributed by atoms with Gasteiger partial charge in [0.1, 0.15) is 5.82 Å². The number of nitrogens with zero attached hydrogens (tertiary/aromatic N) is 2. The average Bonchev–Trinajstić information content (AvgIpc) is 2.26. The van der Waals surface area contributed by atoms with E-state index in [4.69, 9.17) is 0 Å². The predicted octanol–water partition coefficient (Wildman–Crippen LogP) is 3.58. The second kappa shape index (κ2) is 6.71. The highest BCUT2D eigenvalue weighted by Gasteiger charge is 2.24. The molecule has 0 bridgehead atoms. The van der Waals surface area contributed by atoms with Gasteiger partial charge in [-0.15, -0.1) is 0 Å². The molecular weight excluding hydrogens is 302 g/mol. The van der Waals surface area contributed by atoms with Gasteiger partial charge < -0.3 is 10.2 Å². The summed E-state index contributed by atoms with van der Waals surface area (Å²) in [4.78, 5) is 6.97. The number of pyridine rings is 1. The first kappa shape index (κ1) is 14.8. The summed E-state index contributed by atoms with van der Waals surface area (Å²) in [5.41, 5.74) is 1.28. The third kappa shape index (κ3) is 3.93. The van der Waals surface area contributed by atoms with Crippen molar-refractivity contribution in [2.75, 3.05) is 18.5 Å². The summed E-state index contributed by atoms with van der Waals surface area (Å²) in [5.74, 6) is 1.80. The topological polar surface area (TPSA) is 28.2 Å². The molecular formula is C15H24BrN3. The molecule has 1 fully saturated rings. The van der Waals surface area contributed by atoms with E-state index >= 15 is 0 Å². The van der Waals surface area contributed by atoms with Crippen LogP contribution in [-0.2, 0) is 6.54 Å². The van der Waals surface area contributed by atoms with Gasteiger partial charge in [-0.2, -0.15) is 0 Å². The van der Waals surface area contributed by atoms with E-state index in [9.17, 15) is 0 Å². The number of hydrogen-bond acceptors (Lipinski definition) is 3. The number of halogens is 1. The predicted molar refractivity (Wildman–Crippen MR) is 84.5 cm³/mol. The van der Waals surface area contributed by atoms with Crippen molar-refractivity contribution in [1.29, 1.82) is 0 Å². The fourth-order valence-electron chi connectivity index (χ4n) is 2.36. The van der Waals surface area contributed by atoms with Gasteiger partial charge in [-0.25, -0.2) is 4.98 Å². The molecule has 2 rings (SSSR count). The summed E-state index contributed by atoms with van der Waals surface area (Å²) in [5, 5.41) is 3.51. The molecule has 0 aromatic carbocycles. The number of rotatable bonds is 6. The Labute approximate surface area is 124 Å². The second-order valence-corrected chi connectivity index (χ2v) is 6.77. The van der Waals surface area contributed by atoms with Crippen molar-refractivity contribution in [2.45, 2.75) is 45.7 Å². The van der Waals surface area contributed by atoms with E-state index in [0.717, 1.165) is 23.4 Å². The van der Waals surface area contributed by atoms with Crippen molar-refractivity contribution in [2.24, 2.45) is 5.92 Å². The van der Waals surface area contributed by atoms with Gasteiger partial charge in [0.05, 0.1) is 0 Å². The van der Waals surface area contributed by atoms with Gasteiger partial charge in [0, 0.05) is 35.9 Å². The van der Waals surface area contributed by atoms with Crippen LogP contribution in [0.15, 0.2) is 16.7 Å². The Morgan fingerprint density at radius 1 is 1.47 bits per heavy atom. The van der Waals surface area contributed by atoms with Gasteiger partial charge in [-0.3, -0.25) is 0 Å².